The zero-order valence-corrected chi connectivity index (χ0v) is 8.48. The van der Waals surface area contributed by atoms with Gasteiger partial charge in [-0.05, 0) is 28.1 Å². The number of hydrogen-bond acceptors (Lipinski definition) is 1. The van der Waals surface area contributed by atoms with Crippen LogP contribution < -0.4 is 0 Å². The summed E-state index contributed by atoms with van der Waals surface area (Å²) in [6, 6.07) is 3.72. The fourth-order valence-electron chi connectivity index (χ4n) is 1.18. The minimum Gasteiger partial charge on any atom is -0.276 e. The molecule has 0 unspecified atom stereocenters. The Hall–Kier alpha value is -1.23. The lowest BCUT2D eigenvalue weighted by molar-refractivity contribution is 0.588. The van der Waals surface area contributed by atoms with Crippen molar-refractivity contribution in [3.8, 4) is 11.3 Å². The summed E-state index contributed by atoms with van der Waals surface area (Å²) in [5, 5.41) is 6.20. The van der Waals surface area contributed by atoms with Crippen LogP contribution in [-0.2, 0) is 0 Å². The van der Waals surface area contributed by atoms with Crippen molar-refractivity contribution in [1.82, 2.24) is 10.2 Å². The van der Waals surface area contributed by atoms with Crippen LogP contribution in [0.2, 0.25) is 0 Å². The largest absolute Gasteiger partial charge is 0.276 e. The van der Waals surface area contributed by atoms with Crippen LogP contribution in [0, 0.1) is 11.6 Å². The van der Waals surface area contributed by atoms with Gasteiger partial charge in [-0.1, -0.05) is 6.07 Å². The third-order valence-corrected chi connectivity index (χ3v) is 2.41. The summed E-state index contributed by atoms with van der Waals surface area (Å²) < 4.78 is 27.1. The van der Waals surface area contributed by atoms with Crippen molar-refractivity contribution in [2.75, 3.05) is 0 Å². The number of benzene rings is 1. The van der Waals surface area contributed by atoms with E-state index in [0.29, 0.717) is 10.2 Å². The summed E-state index contributed by atoms with van der Waals surface area (Å²) in [6.07, 6.45) is 1.45. The maximum Gasteiger partial charge on any atom is 0.135 e. The van der Waals surface area contributed by atoms with Crippen molar-refractivity contribution in [2.24, 2.45) is 0 Å². The molecule has 1 N–H and O–H groups in total. The fourth-order valence-corrected chi connectivity index (χ4v) is 1.57. The second kappa shape index (κ2) is 3.49. The lowest BCUT2D eigenvalue weighted by Crippen LogP contribution is -1.90. The first-order chi connectivity index (χ1) is 6.70. The lowest BCUT2D eigenvalue weighted by atomic mass is 10.1. The molecule has 1 aromatic heterocycles. The van der Waals surface area contributed by atoms with Crippen LogP contribution in [0.4, 0.5) is 8.78 Å². The van der Waals surface area contributed by atoms with Gasteiger partial charge in [0.1, 0.15) is 11.6 Å². The molecule has 0 aliphatic heterocycles. The maximum absolute atomic E-state index is 13.3. The number of H-pyrrole nitrogens is 1. The molecule has 0 aliphatic carbocycles. The number of aromatic nitrogens is 2. The zero-order chi connectivity index (χ0) is 10.1. The molecule has 0 atom stereocenters. The van der Waals surface area contributed by atoms with Gasteiger partial charge < -0.3 is 0 Å². The Morgan fingerprint density at radius 1 is 1.21 bits per heavy atom. The van der Waals surface area contributed by atoms with Crippen molar-refractivity contribution in [1.29, 1.82) is 0 Å². The topological polar surface area (TPSA) is 28.7 Å². The van der Waals surface area contributed by atoms with Gasteiger partial charge in [0.15, 0.2) is 0 Å². The number of hydrogen-bond donors (Lipinski definition) is 1. The van der Waals surface area contributed by atoms with Crippen molar-refractivity contribution < 1.29 is 8.78 Å². The normalized spacial score (nSPS) is 10.5. The van der Waals surface area contributed by atoms with Crippen molar-refractivity contribution in [2.45, 2.75) is 0 Å². The molecular weight excluding hydrogens is 254 g/mol. The number of halogens is 3. The molecule has 2 nitrogen and oxygen atoms in total. The van der Waals surface area contributed by atoms with E-state index in [-0.39, 0.29) is 5.56 Å². The Labute approximate surface area is 87.1 Å². The standard InChI is InChI=1S/C9H5BrF2N2/c10-5-4-13-14-9(5)8-6(11)2-1-3-7(8)12/h1-4H,(H,13,14). The van der Waals surface area contributed by atoms with Gasteiger partial charge in [0.05, 0.1) is 21.9 Å². The van der Waals surface area contributed by atoms with Crippen LogP contribution in [0.5, 0.6) is 0 Å². The molecule has 0 spiro atoms. The first-order valence-corrected chi connectivity index (χ1v) is 4.62. The monoisotopic (exact) mass is 258 g/mol. The first kappa shape index (κ1) is 9.33. The molecule has 0 saturated carbocycles. The van der Waals surface area contributed by atoms with E-state index in [0.717, 1.165) is 0 Å². The van der Waals surface area contributed by atoms with Gasteiger partial charge in [-0.15, -0.1) is 0 Å². The molecule has 1 heterocycles. The second-order valence-electron chi connectivity index (χ2n) is 2.69. The lowest BCUT2D eigenvalue weighted by Gasteiger charge is -2.01. The van der Waals surface area contributed by atoms with Gasteiger partial charge >= 0.3 is 0 Å². The van der Waals surface area contributed by atoms with Gasteiger partial charge in [0.2, 0.25) is 0 Å². The molecule has 0 amide bonds. The number of rotatable bonds is 1. The molecule has 1 aromatic carbocycles. The molecule has 72 valence electrons. The Kier molecular flexibility index (Phi) is 2.33. The van der Waals surface area contributed by atoms with E-state index in [2.05, 4.69) is 26.1 Å². The van der Waals surface area contributed by atoms with Gasteiger partial charge in [0.25, 0.3) is 0 Å². The maximum atomic E-state index is 13.3. The van der Waals surface area contributed by atoms with E-state index in [1.165, 1.54) is 24.4 Å². The molecule has 5 heteroatoms. The molecule has 2 rings (SSSR count). The third kappa shape index (κ3) is 1.43. The Bertz CT molecular complexity index is 447. The van der Waals surface area contributed by atoms with Crippen molar-refractivity contribution in [3.63, 3.8) is 0 Å². The van der Waals surface area contributed by atoms with Gasteiger partial charge in [0, 0.05) is 0 Å². The van der Waals surface area contributed by atoms with Crippen LogP contribution in [0.1, 0.15) is 0 Å². The SMILES string of the molecule is Fc1cccc(F)c1-c1[nH]ncc1Br. The molecule has 0 saturated heterocycles. The third-order valence-electron chi connectivity index (χ3n) is 1.81. The smallest absolute Gasteiger partial charge is 0.135 e. The average molecular weight is 259 g/mol. The Morgan fingerprint density at radius 3 is 2.36 bits per heavy atom. The minimum atomic E-state index is -0.616. The highest BCUT2D eigenvalue weighted by atomic mass is 79.9. The predicted octanol–water partition coefficient (Wildman–Crippen LogP) is 3.12. The molecule has 0 aliphatic rings. The number of nitrogens with zero attached hydrogens (tertiary/aromatic N) is 1. The highest BCUT2D eigenvalue weighted by molar-refractivity contribution is 9.10. The van der Waals surface area contributed by atoms with Gasteiger partial charge in [-0.2, -0.15) is 5.10 Å². The second-order valence-corrected chi connectivity index (χ2v) is 3.54. The first-order valence-electron chi connectivity index (χ1n) is 3.83. The summed E-state index contributed by atoms with van der Waals surface area (Å²) in [6.45, 7) is 0. The average Bonchev–Trinajstić information content (AvgIpc) is 2.52. The molecule has 14 heavy (non-hydrogen) atoms. The summed E-state index contributed by atoms with van der Waals surface area (Å²) in [5.74, 6) is -1.23. The quantitative estimate of drug-likeness (QED) is 0.837. The fraction of sp³-hybridized carbons (Fsp3) is 0. The van der Waals surface area contributed by atoms with Crippen LogP contribution in [0.15, 0.2) is 28.9 Å². The molecule has 0 radical (unpaired) electrons. The summed E-state index contributed by atoms with van der Waals surface area (Å²) in [4.78, 5) is 0. The minimum absolute atomic E-state index is 0.100. The predicted molar refractivity (Wildman–Crippen MR) is 51.6 cm³/mol. The molecule has 0 bridgehead atoms. The summed E-state index contributed by atoms with van der Waals surface area (Å²) >= 11 is 3.14. The van der Waals surface area contributed by atoms with E-state index < -0.39 is 11.6 Å². The van der Waals surface area contributed by atoms with E-state index in [1.54, 1.807) is 0 Å². The Balaban J connectivity index is 2.68. The molecule has 2 aromatic rings. The molecular formula is C9H5BrF2N2. The van der Waals surface area contributed by atoms with Gasteiger partial charge in [-0.3, -0.25) is 5.10 Å². The van der Waals surface area contributed by atoms with E-state index in [4.69, 9.17) is 0 Å². The summed E-state index contributed by atoms with van der Waals surface area (Å²) in [5.41, 5.74) is 0.206. The zero-order valence-electron chi connectivity index (χ0n) is 6.89. The number of nitrogens with one attached hydrogen (secondary N) is 1. The highest BCUT2D eigenvalue weighted by Crippen LogP contribution is 2.29. The van der Waals surface area contributed by atoms with E-state index in [1.807, 2.05) is 0 Å². The highest BCUT2D eigenvalue weighted by Gasteiger charge is 2.14. The van der Waals surface area contributed by atoms with E-state index in [9.17, 15) is 8.78 Å². The Morgan fingerprint density at radius 2 is 1.86 bits per heavy atom. The number of aromatic amines is 1. The van der Waals surface area contributed by atoms with Crippen LogP contribution >= 0.6 is 15.9 Å². The van der Waals surface area contributed by atoms with E-state index >= 15 is 0 Å². The van der Waals surface area contributed by atoms with Crippen molar-refractivity contribution >= 4 is 15.9 Å². The van der Waals surface area contributed by atoms with Crippen LogP contribution in [0.25, 0.3) is 11.3 Å². The van der Waals surface area contributed by atoms with Crippen LogP contribution in [-0.4, -0.2) is 10.2 Å². The summed E-state index contributed by atoms with van der Waals surface area (Å²) in [7, 11) is 0. The molecule has 0 fully saturated rings. The van der Waals surface area contributed by atoms with Gasteiger partial charge in [-0.25, -0.2) is 8.78 Å². The van der Waals surface area contributed by atoms with Crippen molar-refractivity contribution in [3.05, 3.63) is 40.5 Å². The van der Waals surface area contributed by atoms with Crippen LogP contribution in [0.3, 0.4) is 0 Å².